The molecule has 0 unspecified atom stereocenters. The molecule has 5 nitrogen and oxygen atoms in total. The molecule has 0 aromatic rings. The molecule has 1 aliphatic rings. The third-order valence-electron chi connectivity index (χ3n) is 2.93. The molecule has 0 aromatic carbocycles. The Morgan fingerprint density at radius 1 is 1.12 bits per heavy atom. The molecule has 0 bridgehead atoms. The quantitative estimate of drug-likeness (QED) is 0.649. The number of piperazine rings is 1. The summed E-state index contributed by atoms with van der Waals surface area (Å²) in [6.45, 7) is 3.86. The van der Waals surface area contributed by atoms with Crippen LogP contribution in [0.3, 0.4) is 0 Å². The number of sulfonamides is 1. The lowest BCUT2D eigenvalue weighted by molar-refractivity contribution is 0.222. The molecule has 0 amide bonds. The van der Waals surface area contributed by atoms with Gasteiger partial charge >= 0.3 is 0 Å². The Bertz CT molecular complexity index is 284. The molecule has 6 heteroatoms. The minimum atomic E-state index is -3.01. The zero-order valence-electron chi connectivity index (χ0n) is 10.3. The molecule has 96 valence electrons. The highest BCUT2D eigenvalue weighted by atomic mass is 32.2. The third-order valence-corrected chi connectivity index (χ3v) is 4.89. The van der Waals surface area contributed by atoms with Gasteiger partial charge in [-0.25, -0.2) is 8.42 Å². The van der Waals surface area contributed by atoms with Crippen LogP contribution in [0.15, 0.2) is 0 Å². The van der Waals surface area contributed by atoms with Gasteiger partial charge in [-0.3, -0.25) is 0 Å². The highest BCUT2D eigenvalue weighted by Gasteiger charge is 2.24. The van der Waals surface area contributed by atoms with Crippen molar-refractivity contribution >= 4 is 10.0 Å². The minimum absolute atomic E-state index is 0.290. The second-order valence-corrected chi connectivity index (χ2v) is 6.42. The fraction of sp³-hybridized carbons (Fsp3) is 1.00. The fourth-order valence-corrected chi connectivity index (χ4v) is 3.33. The first-order valence-electron chi connectivity index (χ1n) is 5.87. The predicted octanol–water partition coefficient (Wildman–Crippen LogP) is -0.437. The Morgan fingerprint density at radius 3 is 2.31 bits per heavy atom. The number of rotatable bonds is 6. The van der Waals surface area contributed by atoms with E-state index >= 15 is 0 Å². The number of hydrogen-bond acceptors (Lipinski definition) is 4. The van der Waals surface area contributed by atoms with Crippen molar-refractivity contribution in [1.82, 2.24) is 14.5 Å². The maximum absolute atomic E-state index is 11.9. The van der Waals surface area contributed by atoms with Gasteiger partial charge < -0.3 is 10.2 Å². The molecular weight excluding hydrogens is 226 g/mol. The van der Waals surface area contributed by atoms with Gasteiger partial charge in [0.2, 0.25) is 10.0 Å². The SMILES string of the molecule is CNCCCCS(=O)(=O)N1CCN(C)CC1. The van der Waals surface area contributed by atoms with Crippen LogP contribution in [0.2, 0.25) is 0 Å². The maximum Gasteiger partial charge on any atom is 0.214 e. The Hall–Kier alpha value is -0.170. The van der Waals surface area contributed by atoms with Gasteiger partial charge in [-0.2, -0.15) is 4.31 Å². The molecule has 0 spiro atoms. The van der Waals surface area contributed by atoms with E-state index in [-0.39, 0.29) is 0 Å². The Morgan fingerprint density at radius 2 is 1.75 bits per heavy atom. The Labute approximate surface area is 98.8 Å². The largest absolute Gasteiger partial charge is 0.320 e. The number of hydrogen-bond donors (Lipinski definition) is 1. The van der Waals surface area contributed by atoms with E-state index in [1.807, 2.05) is 14.1 Å². The second-order valence-electron chi connectivity index (χ2n) is 4.33. The molecule has 1 rings (SSSR count). The van der Waals surface area contributed by atoms with E-state index in [0.717, 1.165) is 32.5 Å². The number of nitrogens with one attached hydrogen (secondary N) is 1. The number of unbranched alkanes of at least 4 members (excludes halogenated alkanes) is 1. The third kappa shape index (κ3) is 4.37. The maximum atomic E-state index is 11.9. The first-order valence-corrected chi connectivity index (χ1v) is 7.48. The molecule has 0 saturated carbocycles. The van der Waals surface area contributed by atoms with Crippen molar-refractivity contribution in [3.05, 3.63) is 0 Å². The lowest BCUT2D eigenvalue weighted by atomic mass is 10.3. The summed E-state index contributed by atoms with van der Waals surface area (Å²) in [6.07, 6.45) is 1.67. The van der Waals surface area contributed by atoms with E-state index < -0.39 is 10.0 Å². The van der Waals surface area contributed by atoms with Crippen LogP contribution in [-0.4, -0.2) is 70.2 Å². The van der Waals surface area contributed by atoms with Crippen LogP contribution >= 0.6 is 0 Å². The molecule has 1 fully saturated rings. The van der Waals surface area contributed by atoms with Crippen molar-refractivity contribution in [3.8, 4) is 0 Å². The van der Waals surface area contributed by atoms with Gasteiger partial charge in [0.25, 0.3) is 0 Å². The molecular formula is C10H23N3O2S. The summed E-state index contributed by atoms with van der Waals surface area (Å²) >= 11 is 0. The van der Waals surface area contributed by atoms with Gasteiger partial charge in [-0.15, -0.1) is 0 Å². The summed E-state index contributed by atoms with van der Waals surface area (Å²) in [5.74, 6) is 0.290. The van der Waals surface area contributed by atoms with Gasteiger partial charge in [0, 0.05) is 26.2 Å². The van der Waals surface area contributed by atoms with Crippen LogP contribution < -0.4 is 5.32 Å². The van der Waals surface area contributed by atoms with Crippen molar-refractivity contribution in [2.75, 3.05) is 52.6 Å². The lowest BCUT2D eigenvalue weighted by Gasteiger charge is -2.31. The summed E-state index contributed by atoms with van der Waals surface area (Å²) < 4.78 is 25.5. The molecule has 0 aliphatic carbocycles. The Balaban J connectivity index is 2.33. The van der Waals surface area contributed by atoms with Gasteiger partial charge in [-0.05, 0) is 33.5 Å². The highest BCUT2D eigenvalue weighted by molar-refractivity contribution is 7.89. The van der Waals surface area contributed by atoms with Gasteiger partial charge in [0.1, 0.15) is 0 Å². The van der Waals surface area contributed by atoms with Crippen molar-refractivity contribution in [2.45, 2.75) is 12.8 Å². The molecule has 1 N–H and O–H groups in total. The monoisotopic (exact) mass is 249 g/mol. The fourth-order valence-electron chi connectivity index (χ4n) is 1.78. The van der Waals surface area contributed by atoms with E-state index in [9.17, 15) is 8.42 Å². The van der Waals surface area contributed by atoms with Crippen molar-refractivity contribution < 1.29 is 8.42 Å². The molecule has 0 aromatic heterocycles. The van der Waals surface area contributed by atoms with E-state index in [1.165, 1.54) is 0 Å². The average Bonchev–Trinajstić information content (AvgIpc) is 2.25. The standard InChI is InChI=1S/C10H23N3O2S/c1-11-5-3-4-10-16(14,15)13-8-6-12(2)7-9-13/h11H,3-10H2,1-2H3. The zero-order chi connectivity index (χ0) is 12.0. The molecule has 0 atom stereocenters. The van der Waals surface area contributed by atoms with Crippen molar-refractivity contribution in [3.63, 3.8) is 0 Å². The number of nitrogens with zero attached hydrogens (tertiary/aromatic N) is 2. The smallest absolute Gasteiger partial charge is 0.214 e. The van der Waals surface area contributed by atoms with E-state index in [1.54, 1.807) is 4.31 Å². The zero-order valence-corrected chi connectivity index (χ0v) is 11.1. The van der Waals surface area contributed by atoms with Crippen LogP contribution in [0, 0.1) is 0 Å². The molecule has 1 aliphatic heterocycles. The average molecular weight is 249 g/mol. The van der Waals surface area contributed by atoms with Crippen LogP contribution in [0.25, 0.3) is 0 Å². The normalized spacial score (nSPS) is 20.1. The first kappa shape index (κ1) is 13.9. The van der Waals surface area contributed by atoms with Crippen molar-refractivity contribution in [1.29, 1.82) is 0 Å². The highest BCUT2D eigenvalue weighted by Crippen LogP contribution is 2.08. The molecule has 16 heavy (non-hydrogen) atoms. The lowest BCUT2D eigenvalue weighted by Crippen LogP contribution is -2.47. The summed E-state index contributed by atoms with van der Waals surface area (Å²) in [6, 6.07) is 0. The van der Waals surface area contributed by atoms with Crippen molar-refractivity contribution in [2.24, 2.45) is 0 Å². The second kappa shape index (κ2) is 6.54. The summed E-state index contributed by atoms with van der Waals surface area (Å²) in [5, 5.41) is 3.02. The predicted molar refractivity (Wildman–Crippen MR) is 66.0 cm³/mol. The topological polar surface area (TPSA) is 52.7 Å². The van der Waals surface area contributed by atoms with Gasteiger partial charge in [-0.1, -0.05) is 0 Å². The summed E-state index contributed by atoms with van der Waals surface area (Å²) in [7, 11) is 0.900. The first-order chi connectivity index (χ1) is 7.56. The van der Waals surface area contributed by atoms with E-state index in [0.29, 0.717) is 18.8 Å². The van der Waals surface area contributed by atoms with Gasteiger partial charge in [0.15, 0.2) is 0 Å². The minimum Gasteiger partial charge on any atom is -0.320 e. The van der Waals surface area contributed by atoms with Crippen LogP contribution in [0.4, 0.5) is 0 Å². The van der Waals surface area contributed by atoms with Crippen LogP contribution in [0.1, 0.15) is 12.8 Å². The molecule has 0 radical (unpaired) electrons. The molecule has 1 heterocycles. The van der Waals surface area contributed by atoms with Crippen LogP contribution in [0.5, 0.6) is 0 Å². The summed E-state index contributed by atoms with van der Waals surface area (Å²) in [5.41, 5.74) is 0. The summed E-state index contributed by atoms with van der Waals surface area (Å²) in [4.78, 5) is 2.16. The number of likely N-dealkylation sites (N-methyl/N-ethyl adjacent to an activating group) is 1. The van der Waals surface area contributed by atoms with Gasteiger partial charge in [0.05, 0.1) is 5.75 Å². The van der Waals surface area contributed by atoms with E-state index in [4.69, 9.17) is 0 Å². The van der Waals surface area contributed by atoms with E-state index in [2.05, 4.69) is 10.2 Å². The molecule has 1 saturated heterocycles. The Kier molecular flexibility index (Phi) is 5.68. The van der Waals surface area contributed by atoms with Crippen LogP contribution in [-0.2, 0) is 10.0 Å².